The van der Waals surface area contributed by atoms with Crippen LogP contribution >= 0.6 is 15.9 Å². The number of hydrogen-bond acceptors (Lipinski definition) is 2. The van der Waals surface area contributed by atoms with Crippen molar-refractivity contribution in [3.63, 3.8) is 0 Å². The van der Waals surface area contributed by atoms with Crippen LogP contribution in [-0.2, 0) is 4.79 Å². The number of Topliss-reactive ketones (excluding diaryl/α,β-unsaturated/α-hetero) is 1. The quantitative estimate of drug-likeness (QED) is 0.741. The summed E-state index contributed by atoms with van der Waals surface area (Å²) in [6.07, 6.45) is 4.25. The first-order chi connectivity index (χ1) is 5.79. The van der Waals surface area contributed by atoms with E-state index in [9.17, 15) is 4.79 Å². The molecule has 2 nitrogen and oxygen atoms in total. The van der Waals surface area contributed by atoms with E-state index in [0.29, 0.717) is 12.2 Å². The largest absolute Gasteiger partial charge is 0.467 e. The van der Waals surface area contributed by atoms with Crippen LogP contribution in [0.5, 0.6) is 0 Å². The fraction of sp³-hybridized carbons (Fsp3) is 0.444. The van der Waals surface area contributed by atoms with E-state index in [4.69, 9.17) is 4.42 Å². The highest BCUT2D eigenvalue weighted by Gasteiger charge is 2.29. The standard InChI is InChI=1S/C9H9BrO2/c10-7-4-5-12-9(7)6-2-1-3-8(6)11/h4-6H,1-3H2. The summed E-state index contributed by atoms with van der Waals surface area (Å²) in [5.41, 5.74) is 0. The zero-order valence-electron chi connectivity index (χ0n) is 6.55. The lowest BCUT2D eigenvalue weighted by atomic mass is 10.0. The van der Waals surface area contributed by atoms with E-state index in [1.165, 1.54) is 0 Å². The molecule has 1 heterocycles. The Balaban J connectivity index is 2.30. The Labute approximate surface area is 79.1 Å². The molecule has 1 unspecified atom stereocenters. The molecular weight excluding hydrogens is 220 g/mol. The van der Waals surface area contributed by atoms with E-state index in [2.05, 4.69) is 15.9 Å². The summed E-state index contributed by atoms with van der Waals surface area (Å²) >= 11 is 3.36. The molecule has 1 aromatic rings. The second-order valence-corrected chi connectivity index (χ2v) is 3.90. The third-order valence-corrected chi connectivity index (χ3v) is 2.92. The summed E-state index contributed by atoms with van der Waals surface area (Å²) in [6.45, 7) is 0. The Hall–Kier alpha value is -0.570. The van der Waals surface area contributed by atoms with Crippen molar-refractivity contribution in [2.24, 2.45) is 0 Å². The Bertz CT molecular complexity index is 303. The van der Waals surface area contributed by atoms with Crippen LogP contribution in [-0.4, -0.2) is 5.78 Å². The number of halogens is 1. The van der Waals surface area contributed by atoms with Crippen LogP contribution in [0.2, 0.25) is 0 Å². The van der Waals surface area contributed by atoms with Crippen molar-refractivity contribution in [2.45, 2.75) is 25.2 Å². The molecule has 3 heteroatoms. The average Bonchev–Trinajstić information content (AvgIpc) is 2.59. The van der Waals surface area contributed by atoms with Crippen molar-refractivity contribution in [3.8, 4) is 0 Å². The number of furan rings is 1. The lowest BCUT2D eigenvalue weighted by Crippen LogP contribution is -2.03. The van der Waals surface area contributed by atoms with Crippen molar-refractivity contribution >= 4 is 21.7 Å². The molecule has 0 amide bonds. The van der Waals surface area contributed by atoms with Crippen molar-refractivity contribution in [3.05, 3.63) is 22.6 Å². The van der Waals surface area contributed by atoms with Crippen LogP contribution < -0.4 is 0 Å². The van der Waals surface area contributed by atoms with Crippen molar-refractivity contribution < 1.29 is 9.21 Å². The zero-order valence-corrected chi connectivity index (χ0v) is 8.13. The van der Waals surface area contributed by atoms with Gasteiger partial charge < -0.3 is 4.42 Å². The molecule has 1 aromatic heterocycles. The molecule has 1 saturated carbocycles. The molecule has 0 aromatic carbocycles. The van der Waals surface area contributed by atoms with Gasteiger partial charge in [0, 0.05) is 6.42 Å². The second-order valence-electron chi connectivity index (χ2n) is 3.04. The summed E-state index contributed by atoms with van der Waals surface area (Å²) in [4.78, 5) is 11.3. The summed E-state index contributed by atoms with van der Waals surface area (Å²) in [5, 5.41) is 0. The first-order valence-electron chi connectivity index (χ1n) is 4.04. The van der Waals surface area contributed by atoms with E-state index in [1.807, 2.05) is 6.07 Å². The fourth-order valence-electron chi connectivity index (χ4n) is 1.65. The van der Waals surface area contributed by atoms with Gasteiger partial charge in [0.1, 0.15) is 11.5 Å². The minimum atomic E-state index is 0.00868. The third-order valence-electron chi connectivity index (χ3n) is 2.27. The number of carbonyl (C=O) groups is 1. The molecule has 0 aliphatic heterocycles. The van der Waals surface area contributed by atoms with Gasteiger partial charge in [-0.15, -0.1) is 0 Å². The van der Waals surface area contributed by atoms with Gasteiger partial charge in [0.15, 0.2) is 0 Å². The third kappa shape index (κ3) is 1.22. The Kier molecular flexibility index (Phi) is 2.05. The van der Waals surface area contributed by atoms with E-state index in [0.717, 1.165) is 23.1 Å². The van der Waals surface area contributed by atoms with E-state index in [-0.39, 0.29) is 5.92 Å². The van der Waals surface area contributed by atoms with Gasteiger partial charge in [0.05, 0.1) is 16.7 Å². The highest BCUT2D eigenvalue weighted by atomic mass is 79.9. The second kappa shape index (κ2) is 3.05. The molecule has 64 valence electrons. The molecule has 12 heavy (non-hydrogen) atoms. The molecular formula is C9H9BrO2. The first-order valence-corrected chi connectivity index (χ1v) is 4.84. The van der Waals surface area contributed by atoms with Gasteiger partial charge >= 0.3 is 0 Å². The maximum Gasteiger partial charge on any atom is 0.143 e. The molecule has 0 bridgehead atoms. The molecule has 0 saturated heterocycles. The van der Waals surface area contributed by atoms with Gasteiger partial charge in [0.25, 0.3) is 0 Å². The van der Waals surface area contributed by atoms with Crippen LogP contribution in [0.25, 0.3) is 0 Å². The van der Waals surface area contributed by atoms with Gasteiger partial charge in [-0.2, -0.15) is 0 Å². The average molecular weight is 229 g/mol. The fourth-order valence-corrected chi connectivity index (χ4v) is 2.12. The summed E-state index contributed by atoms with van der Waals surface area (Å²) < 4.78 is 6.17. The van der Waals surface area contributed by atoms with Crippen molar-refractivity contribution in [2.75, 3.05) is 0 Å². The number of rotatable bonds is 1. The SMILES string of the molecule is O=C1CCCC1c1occc1Br. The highest BCUT2D eigenvalue weighted by molar-refractivity contribution is 9.10. The minimum Gasteiger partial charge on any atom is -0.467 e. The Morgan fingerprint density at radius 1 is 1.58 bits per heavy atom. The van der Waals surface area contributed by atoms with Gasteiger partial charge in [-0.1, -0.05) is 0 Å². The van der Waals surface area contributed by atoms with Gasteiger partial charge in [-0.25, -0.2) is 0 Å². The predicted molar refractivity (Wildman–Crippen MR) is 48.0 cm³/mol. The molecule has 1 aliphatic carbocycles. The lowest BCUT2D eigenvalue weighted by molar-refractivity contribution is -0.118. The molecule has 0 N–H and O–H groups in total. The topological polar surface area (TPSA) is 30.2 Å². The minimum absolute atomic E-state index is 0.00868. The normalized spacial score (nSPS) is 23.4. The molecule has 1 aliphatic rings. The monoisotopic (exact) mass is 228 g/mol. The first kappa shape index (κ1) is 8.05. The zero-order chi connectivity index (χ0) is 8.55. The summed E-state index contributed by atoms with van der Waals surface area (Å²) in [6, 6.07) is 1.83. The molecule has 0 radical (unpaired) electrons. The highest BCUT2D eigenvalue weighted by Crippen LogP contribution is 2.35. The van der Waals surface area contributed by atoms with Crippen molar-refractivity contribution in [1.82, 2.24) is 0 Å². The van der Waals surface area contributed by atoms with Crippen LogP contribution in [0.3, 0.4) is 0 Å². The van der Waals surface area contributed by atoms with Gasteiger partial charge in [0.2, 0.25) is 0 Å². The smallest absolute Gasteiger partial charge is 0.143 e. The van der Waals surface area contributed by atoms with Gasteiger partial charge in [-0.3, -0.25) is 4.79 Å². The van der Waals surface area contributed by atoms with Crippen LogP contribution in [0, 0.1) is 0 Å². The summed E-state index contributed by atoms with van der Waals surface area (Å²) in [7, 11) is 0. The Morgan fingerprint density at radius 3 is 2.92 bits per heavy atom. The van der Waals surface area contributed by atoms with E-state index in [1.54, 1.807) is 6.26 Å². The molecule has 2 rings (SSSR count). The maximum absolute atomic E-state index is 11.3. The van der Waals surface area contributed by atoms with Crippen LogP contribution in [0.4, 0.5) is 0 Å². The van der Waals surface area contributed by atoms with Crippen LogP contribution in [0.1, 0.15) is 30.9 Å². The number of carbonyl (C=O) groups excluding carboxylic acids is 1. The lowest BCUT2D eigenvalue weighted by Gasteiger charge is -2.03. The predicted octanol–water partition coefficient (Wildman–Crippen LogP) is 2.88. The number of ketones is 1. The molecule has 1 fully saturated rings. The summed E-state index contributed by atoms with van der Waals surface area (Å²) in [5.74, 6) is 1.12. The number of hydrogen-bond donors (Lipinski definition) is 0. The van der Waals surface area contributed by atoms with Gasteiger partial charge in [-0.05, 0) is 34.8 Å². The maximum atomic E-state index is 11.3. The van der Waals surface area contributed by atoms with E-state index < -0.39 is 0 Å². The van der Waals surface area contributed by atoms with E-state index >= 15 is 0 Å². The molecule has 1 atom stereocenters. The van der Waals surface area contributed by atoms with Crippen molar-refractivity contribution in [1.29, 1.82) is 0 Å². The Morgan fingerprint density at radius 2 is 2.42 bits per heavy atom. The van der Waals surface area contributed by atoms with Crippen LogP contribution in [0.15, 0.2) is 21.2 Å². The molecule has 0 spiro atoms.